The van der Waals surface area contributed by atoms with Gasteiger partial charge in [-0.15, -0.1) is 0 Å². The molecule has 0 spiro atoms. The SMILES string of the molecule is NC(=S)c1ccc(F)c(COCC2CCCCC2)c1. The first-order valence-electron chi connectivity index (χ1n) is 6.83. The van der Waals surface area contributed by atoms with Gasteiger partial charge in [0.25, 0.3) is 0 Å². The van der Waals surface area contributed by atoms with Gasteiger partial charge in [0, 0.05) is 17.7 Å². The third kappa shape index (κ3) is 4.25. The molecule has 0 aromatic heterocycles. The lowest BCUT2D eigenvalue weighted by Crippen LogP contribution is -2.14. The molecule has 1 fully saturated rings. The molecule has 1 aliphatic rings. The molecule has 2 N–H and O–H groups in total. The molecule has 2 rings (SSSR count). The summed E-state index contributed by atoms with van der Waals surface area (Å²) in [4.78, 5) is 0.286. The molecule has 0 atom stereocenters. The highest BCUT2D eigenvalue weighted by molar-refractivity contribution is 7.80. The first-order chi connectivity index (χ1) is 9.16. The molecule has 19 heavy (non-hydrogen) atoms. The van der Waals surface area contributed by atoms with Crippen molar-refractivity contribution >= 4 is 17.2 Å². The minimum Gasteiger partial charge on any atom is -0.389 e. The smallest absolute Gasteiger partial charge is 0.128 e. The zero-order valence-electron chi connectivity index (χ0n) is 11.0. The zero-order valence-corrected chi connectivity index (χ0v) is 11.8. The van der Waals surface area contributed by atoms with Crippen LogP contribution in [-0.4, -0.2) is 11.6 Å². The number of benzene rings is 1. The van der Waals surface area contributed by atoms with E-state index in [4.69, 9.17) is 22.7 Å². The van der Waals surface area contributed by atoms with Crippen LogP contribution in [0.1, 0.15) is 43.2 Å². The Labute approximate surface area is 119 Å². The van der Waals surface area contributed by atoms with E-state index in [2.05, 4.69) is 0 Å². The summed E-state index contributed by atoms with van der Waals surface area (Å²) in [6, 6.07) is 4.68. The van der Waals surface area contributed by atoms with E-state index in [9.17, 15) is 4.39 Å². The van der Waals surface area contributed by atoms with E-state index in [1.54, 1.807) is 12.1 Å². The maximum Gasteiger partial charge on any atom is 0.128 e. The van der Waals surface area contributed by atoms with Crippen LogP contribution in [0, 0.1) is 11.7 Å². The van der Waals surface area contributed by atoms with Crippen molar-refractivity contribution in [3.63, 3.8) is 0 Å². The van der Waals surface area contributed by atoms with Gasteiger partial charge in [0.1, 0.15) is 10.8 Å². The topological polar surface area (TPSA) is 35.2 Å². The summed E-state index contributed by atoms with van der Waals surface area (Å²) in [7, 11) is 0. The number of hydrogen-bond acceptors (Lipinski definition) is 2. The van der Waals surface area contributed by atoms with Gasteiger partial charge in [-0.3, -0.25) is 0 Å². The fourth-order valence-electron chi connectivity index (χ4n) is 2.53. The molecule has 0 radical (unpaired) electrons. The molecule has 0 heterocycles. The van der Waals surface area contributed by atoms with E-state index in [-0.39, 0.29) is 10.8 Å². The van der Waals surface area contributed by atoms with Gasteiger partial charge >= 0.3 is 0 Å². The molecule has 1 saturated carbocycles. The molecule has 4 heteroatoms. The second-order valence-electron chi connectivity index (χ2n) is 5.19. The van der Waals surface area contributed by atoms with Crippen molar-refractivity contribution < 1.29 is 9.13 Å². The highest BCUT2D eigenvalue weighted by atomic mass is 32.1. The summed E-state index contributed by atoms with van der Waals surface area (Å²) >= 11 is 4.89. The maximum atomic E-state index is 13.6. The highest BCUT2D eigenvalue weighted by Gasteiger charge is 2.14. The third-order valence-corrected chi connectivity index (χ3v) is 3.90. The Morgan fingerprint density at radius 3 is 2.74 bits per heavy atom. The summed E-state index contributed by atoms with van der Waals surface area (Å²) in [5, 5.41) is 0. The molecule has 0 saturated heterocycles. The molecular formula is C15H20FNOS. The monoisotopic (exact) mass is 281 g/mol. The Balaban J connectivity index is 1.87. The number of ether oxygens (including phenoxy) is 1. The largest absolute Gasteiger partial charge is 0.389 e. The Hall–Kier alpha value is -1.00. The van der Waals surface area contributed by atoms with Gasteiger partial charge in [0.15, 0.2) is 0 Å². The minimum absolute atomic E-state index is 0.261. The van der Waals surface area contributed by atoms with Crippen LogP contribution in [-0.2, 0) is 11.3 Å². The van der Waals surface area contributed by atoms with Crippen LogP contribution in [0.2, 0.25) is 0 Å². The lowest BCUT2D eigenvalue weighted by atomic mass is 9.90. The van der Waals surface area contributed by atoms with Gasteiger partial charge in [0.2, 0.25) is 0 Å². The fraction of sp³-hybridized carbons (Fsp3) is 0.533. The van der Waals surface area contributed by atoms with Crippen LogP contribution < -0.4 is 5.73 Å². The average Bonchev–Trinajstić information content (AvgIpc) is 2.42. The molecule has 0 unspecified atom stereocenters. The number of nitrogens with two attached hydrogens (primary N) is 1. The lowest BCUT2D eigenvalue weighted by Gasteiger charge is -2.21. The number of rotatable bonds is 5. The molecule has 0 amide bonds. The summed E-state index contributed by atoms with van der Waals surface area (Å²) in [6.45, 7) is 1.01. The van der Waals surface area contributed by atoms with E-state index < -0.39 is 0 Å². The van der Waals surface area contributed by atoms with E-state index >= 15 is 0 Å². The minimum atomic E-state index is -0.261. The van der Waals surface area contributed by atoms with Crippen molar-refractivity contribution in [2.24, 2.45) is 11.7 Å². The zero-order chi connectivity index (χ0) is 13.7. The summed E-state index contributed by atoms with van der Waals surface area (Å²) < 4.78 is 19.3. The van der Waals surface area contributed by atoms with Gasteiger partial charge in [0.05, 0.1) is 6.61 Å². The highest BCUT2D eigenvalue weighted by Crippen LogP contribution is 2.24. The van der Waals surface area contributed by atoms with Gasteiger partial charge < -0.3 is 10.5 Å². The Morgan fingerprint density at radius 1 is 1.32 bits per heavy atom. The van der Waals surface area contributed by atoms with Gasteiger partial charge in [-0.25, -0.2) is 4.39 Å². The van der Waals surface area contributed by atoms with E-state index in [1.807, 2.05) is 0 Å². The molecule has 0 bridgehead atoms. The first-order valence-corrected chi connectivity index (χ1v) is 7.23. The molecular weight excluding hydrogens is 261 g/mol. The van der Waals surface area contributed by atoms with Crippen molar-refractivity contribution in [1.82, 2.24) is 0 Å². The molecule has 2 nitrogen and oxygen atoms in total. The summed E-state index contributed by atoms with van der Waals surface area (Å²) in [6.07, 6.45) is 6.38. The van der Waals surface area contributed by atoms with Crippen molar-refractivity contribution in [2.75, 3.05) is 6.61 Å². The quantitative estimate of drug-likeness (QED) is 0.838. The van der Waals surface area contributed by atoms with E-state index in [1.165, 1.54) is 38.2 Å². The molecule has 1 aromatic carbocycles. The van der Waals surface area contributed by atoms with Crippen LogP contribution in [0.25, 0.3) is 0 Å². The predicted molar refractivity (Wildman–Crippen MR) is 78.5 cm³/mol. The Bertz CT molecular complexity index is 444. The Kier molecular flexibility index (Phi) is 5.28. The fourth-order valence-corrected chi connectivity index (χ4v) is 2.65. The molecule has 104 valence electrons. The van der Waals surface area contributed by atoms with Crippen LogP contribution in [0.5, 0.6) is 0 Å². The van der Waals surface area contributed by atoms with Crippen molar-refractivity contribution in [3.05, 3.63) is 35.1 Å². The number of hydrogen-bond donors (Lipinski definition) is 1. The number of thiocarbonyl (C=S) groups is 1. The van der Waals surface area contributed by atoms with E-state index in [0.717, 1.165) is 6.61 Å². The molecule has 0 aliphatic heterocycles. The van der Waals surface area contributed by atoms with Crippen LogP contribution in [0.3, 0.4) is 0 Å². The second kappa shape index (κ2) is 6.96. The average molecular weight is 281 g/mol. The second-order valence-corrected chi connectivity index (χ2v) is 5.63. The first kappa shape index (κ1) is 14.4. The van der Waals surface area contributed by atoms with Gasteiger partial charge in [-0.2, -0.15) is 0 Å². The van der Waals surface area contributed by atoms with E-state index in [0.29, 0.717) is 23.7 Å². The normalized spacial score (nSPS) is 16.5. The van der Waals surface area contributed by atoms with Gasteiger partial charge in [-0.05, 0) is 37.0 Å². The summed E-state index contributed by atoms with van der Waals surface area (Å²) in [5.74, 6) is 0.374. The van der Waals surface area contributed by atoms with Crippen molar-refractivity contribution in [2.45, 2.75) is 38.7 Å². The standard InChI is InChI=1S/C15H20FNOS/c16-14-7-6-12(15(17)19)8-13(14)10-18-9-11-4-2-1-3-5-11/h6-8,11H,1-5,9-10H2,(H2,17,19). The van der Waals surface area contributed by atoms with Crippen molar-refractivity contribution in [3.8, 4) is 0 Å². The third-order valence-electron chi connectivity index (χ3n) is 3.67. The Morgan fingerprint density at radius 2 is 2.05 bits per heavy atom. The predicted octanol–water partition coefficient (Wildman–Crippen LogP) is 3.56. The maximum absolute atomic E-state index is 13.6. The lowest BCUT2D eigenvalue weighted by molar-refractivity contribution is 0.0723. The van der Waals surface area contributed by atoms with Crippen LogP contribution in [0.4, 0.5) is 4.39 Å². The van der Waals surface area contributed by atoms with Gasteiger partial charge in [-0.1, -0.05) is 31.5 Å². The van der Waals surface area contributed by atoms with Crippen LogP contribution in [0.15, 0.2) is 18.2 Å². The van der Waals surface area contributed by atoms with Crippen LogP contribution >= 0.6 is 12.2 Å². The summed E-state index contributed by atoms with van der Waals surface area (Å²) in [5.41, 5.74) is 6.76. The number of halogens is 1. The van der Waals surface area contributed by atoms with Crippen molar-refractivity contribution in [1.29, 1.82) is 0 Å². The molecule has 1 aliphatic carbocycles. The molecule has 1 aromatic rings.